The summed E-state index contributed by atoms with van der Waals surface area (Å²) >= 11 is 1.48. The Hall–Kier alpha value is -0.580. The Morgan fingerprint density at radius 3 is 2.87 bits per heavy atom. The minimum absolute atomic E-state index is 0.149. The van der Waals surface area contributed by atoms with Crippen molar-refractivity contribution >= 4 is 11.8 Å². The van der Waals surface area contributed by atoms with Crippen molar-refractivity contribution in [3.8, 4) is 0 Å². The highest BCUT2D eigenvalue weighted by molar-refractivity contribution is 7.99. The first-order valence-electron chi connectivity index (χ1n) is 4.82. The second-order valence-electron chi connectivity index (χ2n) is 3.14. The molecule has 0 unspecified atom stereocenters. The van der Waals surface area contributed by atoms with Gasteiger partial charge in [-0.05, 0) is 24.7 Å². The molecule has 0 spiro atoms. The van der Waals surface area contributed by atoms with Crippen molar-refractivity contribution in [2.24, 2.45) is 0 Å². The van der Waals surface area contributed by atoms with Gasteiger partial charge in [0.2, 0.25) is 0 Å². The lowest BCUT2D eigenvalue weighted by molar-refractivity contribution is 0.218. The normalized spacial score (nSPS) is 10.6. The van der Waals surface area contributed by atoms with E-state index in [2.05, 4.69) is 5.32 Å². The first-order chi connectivity index (χ1) is 7.27. The molecule has 0 aliphatic heterocycles. The van der Waals surface area contributed by atoms with Crippen molar-refractivity contribution in [3.05, 3.63) is 29.6 Å². The molecule has 15 heavy (non-hydrogen) atoms. The van der Waals surface area contributed by atoms with Gasteiger partial charge in [-0.3, -0.25) is 0 Å². The van der Waals surface area contributed by atoms with Crippen LogP contribution >= 0.6 is 11.8 Å². The molecule has 4 heteroatoms. The number of benzene rings is 1. The van der Waals surface area contributed by atoms with E-state index >= 15 is 0 Å². The number of hydrogen-bond acceptors (Lipinski definition) is 3. The number of hydrogen-bond donors (Lipinski definition) is 1. The van der Waals surface area contributed by atoms with Gasteiger partial charge in [-0.25, -0.2) is 4.39 Å². The molecule has 0 aliphatic rings. The predicted molar refractivity (Wildman–Crippen MR) is 61.8 cm³/mol. The second kappa shape index (κ2) is 6.82. The topological polar surface area (TPSA) is 21.3 Å². The number of rotatable bonds is 6. The van der Waals surface area contributed by atoms with Gasteiger partial charge in [0, 0.05) is 24.3 Å². The quantitative estimate of drug-likeness (QED) is 0.597. The standard InChI is InChI=1S/C11H16FNOS/c1-13-8-9-3-4-11(10(12)7-9)15-6-5-14-2/h3-4,7,13H,5-6,8H2,1-2H3. The number of ether oxygens (including phenoxy) is 1. The van der Waals surface area contributed by atoms with Gasteiger partial charge in [0.1, 0.15) is 5.82 Å². The van der Waals surface area contributed by atoms with Gasteiger partial charge < -0.3 is 10.1 Å². The van der Waals surface area contributed by atoms with Crippen LogP contribution in [-0.2, 0) is 11.3 Å². The highest BCUT2D eigenvalue weighted by Gasteiger charge is 2.03. The maximum Gasteiger partial charge on any atom is 0.137 e. The molecule has 1 N–H and O–H groups in total. The van der Waals surface area contributed by atoms with Crippen LogP contribution in [0.25, 0.3) is 0 Å². The molecule has 0 saturated heterocycles. The van der Waals surface area contributed by atoms with Crippen LogP contribution < -0.4 is 5.32 Å². The van der Waals surface area contributed by atoms with Gasteiger partial charge in [-0.2, -0.15) is 0 Å². The van der Waals surface area contributed by atoms with Crippen molar-refractivity contribution in [2.75, 3.05) is 26.5 Å². The summed E-state index contributed by atoms with van der Waals surface area (Å²) in [6.07, 6.45) is 0. The Kier molecular flexibility index (Phi) is 5.68. The molecule has 1 rings (SSSR count). The zero-order valence-corrected chi connectivity index (χ0v) is 9.86. The van der Waals surface area contributed by atoms with E-state index in [-0.39, 0.29) is 5.82 Å². The average Bonchev–Trinajstić information content (AvgIpc) is 2.22. The molecular weight excluding hydrogens is 213 g/mol. The van der Waals surface area contributed by atoms with Crippen LogP contribution in [0.3, 0.4) is 0 Å². The summed E-state index contributed by atoms with van der Waals surface area (Å²) < 4.78 is 18.4. The number of thioether (sulfide) groups is 1. The average molecular weight is 229 g/mol. The molecule has 0 fully saturated rings. The maximum atomic E-state index is 13.5. The predicted octanol–water partition coefficient (Wildman–Crippen LogP) is 2.28. The van der Waals surface area contributed by atoms with Gasteiger partial charge in [0.05, 0.1) is 6.61 Å². The molecular formula is C11H16FNOS. The molecule has 0 bridgehead atoms. The van der Waals surface area contributed by atoms with Crippen molar-refractivity contribution in [3.63, 3.8) is 0 Å². The highest BCUT2D eigenvalue weighted by Crippen LogP contribution is 2.22. The lowest BCUT2D eigenvalue weighted by Crippen LogP contribution is -2.05. The van der Waals surface area contributed by atoms with E-state index in [4.69, 9.17) is 4.74 Å². The van der Waals surface area contributed by atoms with E-state index in [9.17, 15) is 4.39 Å². The fourth-order valence-corrected chi connectivity index (χ4v) is 2.04. The van der Waals surface area contributed by atoms with Crippen LogP contribution in [0.2, 0.25) is 0 Å². The minimum atomic E-state index is -0.149. The Morgan fingerprint density at radius 2 is 2.27 bits per heavy atom. The van der Waals surface area contributed by atoms with Crippen LogP contribution in [-0.4, -0.2) is 26.5 Å². The summed E-state index contributed by atoms with van der Waals surface area (Å²) in [4.78, 5) is 0.687. The number of halogens is 1. The van der Waals surface area contributed by atoms with E-state index < -0.39 is 0 Å². The number of nitrogens with one attached hydrogen (secondary N) is 1. The zero-order valence-electron chi connectivity index (χ0n) is 9.05. The van der Waals surface area contributed by atoms with Crippen LogP contribution in [0, 0.1) is 5.82 Å². The van der Waals surface area contributed by atoms with Gasteiger partial charge >= 0.3 is 0 Å². The monoisotopic (exact) mass is 229 g/mol. The molecule has 1 aromatic rings. The molecule has 0 aromatic heterocycles. The summed E-state index contributed by atoms with van der Waals surface area (Å²) in [6.45, 7) is 1.34. The molecule has 0 saturated carbocycles. The summed E-state index contributed by atoms with van der Waals surface area (Å²) in [5, 5.41) is 2.99. The lowest BCUT2D eigenvalue weighted by atomic mass is 10.2. The van der Waals surface area contributed by atoms with Crippen LogP contribution in [0.15, 0.2) is 23.1 Å². The van der Waals surface area contributed by atoms with Gasteiger partial charge in [-0.1, -0.05) is 6.07 Å². The Labute approximate surface area is 94.2 Å². The van der Waals surface area contributed by atoms with E-state index in [0.29, 0.717) is 18.0 Å². The fraction of sp³-hybridized carbons (Fsp3) is 0.455. The van der Waals surface area contributed by atoms with Crippen LogP contribution in [0.4, 0.5) is 4.39 Å². The number of methoxy groups -OCH3 is 1. The van der Waals surface area contributed by atoms with E-state index in [0.717, 1.165) is 11.3 Å². The molecule has 0 aliphatic carbocycles. The molecule has 84 valence electrons. The molecule has 0 radical (unpaired) electrons. The van der Waals surface area contributed by atoms with Crippen molar-refractivity contribution < 1.29 is 9.13 Å². The van der Waals surface area contributed by atoms with E-state index in [1.54, 1.807) is 13.2 Å². The van der Waals surface area contributed by atoms with Crippen LogP contribution in [0.1, 0.15) is 5.56 Å². The first-order valence-corrected chi connectivity index (χ1v) is 5.81. The smallest absolute Gasteiger partial charge is 0.137 e. The first kappa shape index (κ1) is 12.5. The van der Waals surface area contributed by atoms with E-state index in [1.807, 2.05) is 19.2 Å². The van der Waals surface area contributed by atoms with Crippen molar-refractivity contribution in [1.82, 2.24) is 5.32 Å². The molecule has 0 amide bonds. The van der Waals surface area contributed by atoms with Gasteiger partial charge in [0.25, 0.3) is 0 Å². The van der Waals surface area contributed by atoms with E-state index in [1.165, 1.54) is 11.8 Å². The molecule has 0 heterocycles. The third-order valence-corrected chi connectivity index (χ3v) is 2.94. The lowest BCUT2D eigenvalue weighted by Gasteiger charge is -2.05. The summed E-state index contributed by atoms with van der Waals surface area (Å²) in [5.41, 5.74) is 0.964. The zero-order chi connectivity index (χ0) is 11.1. The highest BCUT2D eigenvalue weighted by atomic mass is 32.2. The Morgan fingerprint density at radius 1 is 1.47 bits per heavy atom. The van der Waals surface area contributed by atoms with Crippen molar-refractivity contribution in [2.45, 2.75) is 11.4 Å². The summed E-state index contributed by atoms with van der Waals surface area (Å²) in [6, 6.07) is 5.34. The maximum absolute atomic E-state index is 13.5. The largest absolute Gasteiger partial charge is 0.384 e. The minimum Gasteiger partial charge on any atom is -0.384 e. The van der Waals surface area contributed by atoms with Gasteiger partial charge in [-0.15, -0.1) is 11.8 Å². The second-order valence-corrected chi connectivity index (χ2v) is 4.27. The SMILES string of the molecule is CNCc1ccc(SCCOC)c(F)c1. The molecule has 2 nitrogen and oxygen atoms in total. The third-order valence-electron chi connectivity index (χ3n) is 1.92. The van der Waals surface area contributed by atoms with Crippen molar-refractivity contribution in [1.29, 1.82) is 0 Å². The Bertz CT molecular complexity index is 307. The summed E-state index contributed by atoms with van der Waals surface area (Å²) in [7, 11) is 3.49. The fourth-order valence-electron chi connectivity index (χ4n) is 1.21. The van der Waals surface area contributed by atoms with Crippen LogP contribution in [0.5, 0.6) is 0 Å². The van der Waals surface area contributed by atoms with Gasteiger partial charge in [0.15, 0.2) is 0 Å². The summed E-state index contributed by atoms with van der Waals surface area (Å²) in [5.74, 6) is 0.627. The molecule has 1 aromatic carbocycles. The Balaban J connectivity index is 2.58. The third kappa shape index (κ3) is 4.20. The molecule has 0 atom stereocenters.